The van der Waals surface area contributed by atoms with Gasteiger partial charge < -0.3 is 9.64 Å². The van der Waals surface area contributed by atoms with E-state index in [0.717, 1.165) is 19.5 Å². The zero-order valence-corrected chi connectivity index (χ0v) is 17.9. The van der Waals surface area contributed by atoms with Gasteiger partial charge in [0.1, 0.15) is 5.75 Å². The first kappa shape index (κ1) is 21.8. The van der Waals surface area contributed by atoms with E-state index in [0.29, 0.717) is 11.2 Å². The number of amides is 1. The van der Waals surface area contributed by atoms with Crippen LogP contribution in [0.2, 0.25) is 0 Å². The van der Waals surface area contributed by atoms with Gasteiger partial charge in [0.15, 0.2) is 0 Å². The third-order valence-electron chi connectivity index (χ3n) is 5.85. The molecule has 2 rings (SSSR count). The number of benzene rings is 1. The SMILES string of the molecule is CCCCCCCN(CC1(C)CCCC(C)(C)C1)C(=O)Oc1ccccc1. The van der Waals surface area contributed by atoms with E-state index in [1.54, 1.807) is 0 Å². The summed E-state index contributed by atoms with van der Waals surface area (Å²) in [7, 11) is 0. The molecule has 152 valence electrons. The fourth-order valence-corrected chi connectivity index (χ4v) is 4.72. The van der Waals surface area contributed by atoms with E-state index in [1.807, 2.05) is 35.2 Å². The van der Waals surface area contributed by atoms with Crippen LogP contribution in [0.25, 0.3) is 0 Å². The summed E-state index contributed by atoms with van der Waals surface area (Å²) in [5.74, 6) is 0.632. The molecule has 0 radical (unpaired) electrons. The monoisotopic (exact) mass is 373 g/mol. The van der Waals surface area contributed by atoms with Gasteiger partial charge in [-0.15, -0.1) is 0 Å². The van der Waals surface area contributed by atoms with Crippen molar-refractivity contribution in [2.45, 2.75) is 85.5 Å². The molecule has 0 bridgehead atoms. The summed E-state index contributed by atoms with van der Waals surface area (Å²) >= 11 is 0. The van der Waals surface area contributed by atoms with Gasteiger partial charge in [0, 0.05) is 13.1 Å². The smallest absolute Gasteiger partial charge is 0.410 e. The Morgan fingerprint density at radius 2 is 1.74 bits per heavy atom. The standard InChI is InChI=1S/C24H39NO2/c1-5-6-7-8-12-18-25(22(26)27-21-14-10-9-11-15-21)20-24(4)17-13-16-23(2,3)19-24/h9-11,14-15H,5-8,12-13,16-20H2,1-4H3. The van der Waals surface area contributed by atoms with Crippen LogP contribution < -0.4 is 4.74 Å². The van der Waals surface area contributed by atoms with Crippen LogP contribution in [-0.4, -0.2) is 24.1 Å². The van der Waals surface area contributed by atoms with Crippen LogP contribution in [-0.2, 0) is 0 Å². The molecule has 1 aliphatic rings. The van der Waals surface area contributed by atoms with Crippen molar-refractivity contribution in [2.24, 2.45) is 10.8 Å². The molecule has 1 unspecified atom stereocenters. The number of rotatable bonds is 9. The summed E-state index contributed by atoms with van der Waals surface area (Å²) in [6.45, 7) is 10.9. The Labute approximate surface area is 166 Å². The molecular weight excluding hydrogens is 334 g/mol. The molecule has 1 aliphatic carbocycles. The highest BCUT2D eigenvalue weighted by Crippen LogP contribution is 2.46. The number of para-hydroxylation sites is 1. The third-order valence-corrected chi connectivity index (χ3v) is 5.85. The molecule has 0 spiro atoms. The van der Waals surface area contributed by atoms with Crippen LogP contribution in [0.4, 0.5) is 4.79 Å². The predicted octanol–water partition coefficient (Wildman–Crippen LogP) is 7.06. The van der Waals surface area contributed by atoms with Crippen LogP contribution >= 0.6 is 0 Å². The first-order valence-corrected chi connectivity index (χ1v) is 10.9. The summed E-state index contributed by atoms with van der Waals surface area (Å²) in [4.78, 5) is 14.9. The molecule has 1 fully saturated rings. The highest BCUT2D eigenvalue weighted by atomic mass is 16.6. The Kier molecular flexibility index (Phi) is 8.19. The maximum atomic E-state index is 12.9. The van der Waals surface area contributed by atoms with Gasteiger partial charge in [-0.25, -0.2) is 4.79 Å². The van der Waals surface area contributed by atoms with Crippen molar-refractivity contribution >= 4 is 6.09 Å². The van der Waals surface area contributed by atoms with Gasteiger partial charge in [-0.2, -0.15) is 0 Å². The van der Waals surface area contributed by atoms with Gasteiger partial charge in [-0.3, -0.25) is 0 Å². The maximum Gasteiger partial charge on any atom is 0.415 e. The largest absolute Gasteiger partial charge is 0.415 e. The van der Waals surface area contributed by atoms with Crippen LogP contribution in [0.1, 0.15) is 85.5 Å². The zero-order chi connectivity index (χ0) is 19.8. The summed E-state index contributed by atoms with van der Waals surface area (Å²) < 4.78 is 5.68. The second-order valence-electron chi connectivity index (χ2n) is 9.52. The van der Waals surface area contributed by atoms with Gasteiger partial charge in [-0.05, 0) is 48.6 Å². The molecule has 1 saturated carbocycles. The molecular formula is C24H39NO2. The average molecular weight is 374 g/mol. The summed E-state index contributed by atoms with van der Waals surface area (Å²) in [6, 6.07) is 9.45. The van der Waals surface area contributed by atoms with Gasteiger partial charge >= 0.3 is 6.09 Å². The molecule has 27 heavy (non-hydrogen) atoms. The van der Waals surface area contributed by atoms with E-state index < -0.39 is 0 Å². The fourth-order valence-electron chi connectivity index (χ4n) is 4.72. The van der Waals surface area contributed by atoms with Crippen LogP contribution in [0.3, 0.4) is 0 Å². The summed E-state index contributed by atoms with van der Waals surface area (Å²) in [5.41, 5.74) is 0.546. The minimum Gasteiger partial charge on any atom is -0.410 e. The Balaban J connectivity index is 2.00. The zero-order valence-electron chi connectivity index (χ0n) is 17.9. The molecule has 0 aromatic heterocycles. The second kappa shape index (κ2) is 10.1. The van der Waals surface area contributed by atoms with Crippen molar-refractivity contribution in [1.82, 2.24) is 4.90 Å². The molecule has 0 N–H and O–H groups in total. The molecule has 1 aromatic rings. The molecule has 3 heteroatoms. The minimum atomic E-state index is -0.193. The fraction of sp³-hybridized carbons (Fsp3) is 0.708. The molecule has 0 aliphatic heterocycles. The molecule has 1 amide bonds. The molecule has 3 nitrogen and oxygen atoms in total. The lowest BCUT2D eigenvalue weighted by Crippen LogP contribution is -2.45. The molecule has 0 saturated heterocycles. The van der Waals surface area contributed by atoms with Crippen LogP contribution in [0.5, 0.6) is 5.75 Å². The van der Waals surface area contributed by atoms with E-state index in [1.165, 1.54) is 51.4 Å². The van der Waals surface area contributed by atoms with Gasteiger partial charge in [0.05, 0.1) is 0 Å². The Hall–Kier alpha value is -1.51. The number of carbonyl (C=O) groups excluding carboxylic acids is 1. The van der Waals surface area contributed by atoms with Crippen molar-refractivity contribution in [3.05, 3.63) is 30.3 Å². The van der Waals surface area contributed by atoms with Crippen molar-refractivity contribution in [2.75, 3.05) is 13.1 Å². The second-order valence-corrected chi connectivity index (χ2v) is 9.52. The lowest BCUT2D eigenvalue weighted by atomic mass is 9.64. The predicted molar refractivity (Wildman–Crippen MR) is 113 cm³/mol. The molecule has 1 aromatic carbocycles. The van der Waals surface area contributed by atoms with E-state index in [-0.39, 0.29) is 11.5 Å². The quantitative estimate of drug-likeness (QED) is 0.433. The van der Waals surface area contributed by atoms with Crippen LogP contribution in [0, 0.1) is 10.8 Å². The lowest BCUT2D eigenvalue weighted by Gasteiger charge is -2.45. The number of carbonyl (C=O) groups is 1. The normalized spacial score (nSPS) is 21.6. The third kappa shape index (κ3) is 7.56. The number of hydrogen-bond donors (Lipinski definition) is 0. The van der Waals surface area contributed by atoms with Gasteiger partial charge in [0.25, 0.3) is 0 Å². The first-order chi connectivity index (χ1) is 12.8. The number of nitrogens with zero attached hydrogens (tertiary/aromatic N) is 1. The van der Waals surface area contributed by atoms with E-state index >= 15 is 0 Å². The topological polar surface area (TPSA) is 29.5 Å². The summed E-state index contributed by atoms with van der Waals surface area (Å²) in [5, 5.41) is 0. The van der Waals surface area contributed by atoms with Gasteiger partial charge in [0.2, 0.25) is 0 Å². The Morgan fingerprint density at radius 3 is 2.41 bits per heavy atom. The Bertz CT molecular complexity index is 569. The average Bonchev–Trinajstić information content (AvgIpc) is 2.60. The first-order valence-electron chi connectivity index (χ1n) is 10.9. The van der Waals surface area contributed by atoms with Gasteiger partial charge in [-0.1, -0.05) is 78.0 Å². The van der Waals surface area contributed by atoms with Crippen molar-refractivity contribution < 1.29 is 9.53 Å². The van der Waals surface area contributed by atoms with E-state index in [9.17, 15) is 4.79 Å². The van der Waals surface area contributed by atoms with Crippen LogP contribution in [0.15, 0.2) is 30.3 Å². The minimum absolute atomic E-state index is 0.181. The van der Waals surface area contributed by atoms with Crippen molar-refractivity contribution in [1.29, 1.82) is 0 Å². The summed E-state index contributed by atoms with van der Waals surface area (Å²) in [6.07, 6.45) is 10.7. The lowest BCUT2D eigenvalue weighted by molar-refractivity contribution is 0.0569. The van der Waals surface area contributed by atoms with E-state index in [4.69, 9.17) is 4.74 Å². The molecule has 0 heterocycles. The number of ether oxygens (including phenoxy) is 1. The highest BCUT2D eigenvalue weighted by Gasteiger charge is 2.38. The number of unbranched alkanes of at least 4 members (excludes halogenated alkanes) is 4. The highest BCUT2D eigenvalue weighted by molar-refractivity contribution is 5.70. The molecule has 1 atom stereocenters. The Morgan fingerprint density at radius 1 is 1.04 bits per heavy atom. The number of hydrogen-bond acceptors (Lipinski definition) is 2. The maximum absolute atomic E-state index is 12.9. The van der Waals surface area contributed by atoms with Crippen molar-refractivity contribution in [3.8, 4) is 5.75 Å². The van der Waals surface area contributed by atoms with E-state index in [2.05, 4.69) is 27.7 Å². The van der Waals surface area contributed by atoms with Crippen molar-refractivity contribution in [3.63, 3.8) is 0 Å².